The van der Waals surface area contributed by atoms with E-state index in [1.54, 1.807) is 17.1 Å². The molecule has 2 heterocycles. The third kappa shape index (κ3) is 5.50. The molecular formula is C22H30ClN3O3. The smallest absolute Gasteiger partial charge is 0.341 e. The molecule has 2 fully saturated rings. The Kier molecular flexibility index (Phi) is 5.87. The monoisotopic (exact) mass is 419 g/mol. The molecule has 1 aliphatic heterocycles. The third-order valence-corrected chi connectivity index (χ3v) is 5.87. The third-order valence-electron chi connectivity index (χ3n) is 5.58. The first kappa shape index (κ1) is 20.6. The number of hydrogen-bond acceptors (Lipinski definition) is 6. The predicted molar refractivity (Wildman–Crippen MR) is 112 cm³/mol. The molecule has 0 spiro atoms. The fraction of sp³-hybridized carbons (Fsp3) is 0.636. The van der Waals surface area contributed by atoms with Gasteiger partial charge in [0.1, 0.15) is 22.8 Å². The van der Waals surface area contributed by atoms with E-state index in [0.717, 1.165) is 30.8 Å². The Morgan fingerprint density at radius 3 is 2.55 bits per heavy atom. The van der Waals surface area contributed by atoms with Crippen LogP contribution in [0.4, 0.5) is 5.82 Å². The Bertz CT molecular complexity index is 772. The molecule has 1 atom stereocenters. The quantitative estimate of drug-likeness (QED) is 0.486. The number of nitrogens with one attached hydrogen (secondary N) is 1. The SMILES string of the molecule is CC(C)(C)OC(=O)c1ccc(N2C=CC(OCCC(C3CC3)C3CC3)N2)nc1Cl. The lowest BCUT2D eigenvalue weighted by atomic mass is 9.95. The van der Waals surface area contributed by atoms with E-state index in [4.69, 9.17) is 21.1 Å². The summed E-state index contributed by atoms with van der Waals surface area (Å²) >= 11 is 6.24. The van der Waals surface area contributed by atoms with Crippen molar-refractivity contribution in [1.82, 2.24) is 10.4 Å². The number of aromatic nitrogens is 1. The lowest BCUT2D eigenvalue weighted by molar-refractivity contribution is 0.00692. The summed E-state index contributed by atoms with van der Waals surface area (Å²) in [5.74, 6) is 2.87. The van der Waals surface area contributed by atoms with Gasteiger partial charge >= 0.3 is 5.97 Å². The molecule has 1 unspecified atom stereocenters. The fourth-order valence-electron chi connectivity index (χ4n) is 3.90. The molecule has 6 nitrogen and oxygen atoms in total. The van der Waals surface area contributed by atoms with Crippen molar-refractivity contribution < 1.29 is 14.3 Å². The number of rotatable bonds is 8. The first-order valence-corrected chi connectivity index (χ1v) is 10.9. The summed E-state index contributed by atoms with van der Waals surface area (Å²) in [7, 11) is 0. The molecule has 3 aliphatic rings. The zero-order valence-electron chi connectivity index (χ0n) is 17.4. The van der Waals surface area contributed by atoms with Gasteiger partial charge in [-0.1, -0.05) is 11.6 Å². The second-order valence-electron chi connectivity index (χ2n) is 9.27. The van der Waals surface area contributed by atoms with Gasteiger partial charge in [-0.15, -0.1) is 0 Å². The van der Waals surface area contributed by atoms with Crippen LogP contribution in [0.15, 0.2) is 24.4 Å². The molecule has 0 bridgehead atoms. The highest BCUT2D eigenvalue weighted by Crippen LogP contribution is 2.50. The highest BCUT2D eigenvalue weighted by atomic mass is 35.5. The summed E-state index contributed by atoms with van der Waals surface area (Å²) in [5, 5.41) is 1.88. The number of pyridine rings is 1. The Balaban J connectivity index is 1.28. The van der Waals surface area contributed by atoms with Crippen molar-refractivity contribution in [2.45, 2.75) is 64.7 Å². The molecule has 0 amide bonds. The average molecular weight is 420 g/mol. The predicted octanol–water partition coefficient (Wildman–Crippen LogP) is 4.70. The zero-order valence-corrected chi connectivity index (χ0v) is 18.1. The van der Waals surface area contributed by atoms with Crippen LogP contribution in [0, 0.1) is 17.8 Å². The molecule has 2 saturated carbocycles. The Morgan fingerprint density at radius 2 is 1.97 bits per heavy atom. The molecule has 1 aromatic heterocycles. The molecule has 0 aromatic carbocycles. The van der Waals surface area contributed by atoms with E-state index in [9.17, 15) is 4.79 Å². The average Bonchev–Trinajstić information content (AvgIpc) is 3.57. The van der Waals surface area contributed by atoms with Gasteiger partial charge in [-0.3, -0.25) is 5.01 Å². The molecule has 1 aromatic rings. The van der Waals surface area contributed by atoms with Gasteiger partial charge in [0.25, 0.3) is 0 Å². The Labute approximate surface area is 177 Å². The summed E-state index contributed by atoms with van der Waals surface area (Å²) in [6.07, 6.45) is 10.4. The van der Waals surface area contributed by atoms with Gasteiger partial charge in [-0.05, 0) is 88.8 Å². The second kappa shape index (κ2) is 8.25. The standard InChI is InChI=1S/C22H30ClN3O3/c1-22(2,3)29-21(27)17-8-9-18(24-20(17)23)26-12-10-19(25-26)28-13-11-16(14-4-5-14)15-6-7-15/h8-10,12,14-16,19,25H,4-7,11,13H2,1-3H3. The van der Waals surface area contributed by atoms with Gasteiger partial charge in [0.05, 0.1) is 5.56 Å². The van der Waals surface area contributed by atoms with Crippen molar-refractivity contribution >= 4 is 23.4 Å². The van der Waals surface area contributed by atoms with Crippen molar-refractivity contribution in [3.63, 3.8) is 0 Å². The lowest BCUT2D eigenvalue weighted by Crippen LogP contribution is -2.37. The maximum Gasteiger partial charge on any atom is 0.341 e. The van der Waals surface area contributed by atoms with Crippen LogP contribution in [0.2, 0.25) is 5.15 Å². The number of nitrogens with zero attached hydrogens (tertiary/aromatic N) is 2. The van der Waals surface area contributed by atoms with Crippen LogP contribution in [0.5, 0.6) is 0 Å². The first-order valence-electron chi connectivity index (χ1n) is 10.6. The highest BCUT2D eigenvalue weighted by molar-refractivity contribution is 6.32. The topological polar surface area (TPSA) is 63.7 Å². The van der Waals surface area contributed by atoms with Gasteiger partial charge < -0.3 is 9.47 Å². The molecule has 0 radical (unpaired) electrons. The minimum absolute atomic E-state index is 0.119. The van der Waals surface area contributed by atoms with Crippen molar-refractivity contribution in [3.8, 4) is 0 Å². The molecule has 29 heavy (non-hydrogen) atoms. The Hall–Kier alpha value is -1.63. The first-order chi connectivity index (χ1) is 13.8. The zero-order chi connectivity index (χ0) is 20.6. The molecule has 1 N–H and O–H groups in total. The lowest BCUT2D eigenvalue weighted by Gasteiger charge is -2.22. The molecule has 4 rings (SSSR count). The number of hydrazine groups is 1. The summed E-state index contributed by atoms with van der Waals surface area (Å²) in [5.41, 5.74) is 2.92. The van der Waals surface area contributed by atoms with Crippen LogP contribution in [-0.2, 0) is 9.47 Å². The van der Waals surface area contributed by atoms with Crippen molar-refractivity contribution in [3.05, 3.63) is 35.1 Å². The molecule has 158 valence electrons. The highest BCUT2D eigenvalue weighted by Gasteiger charge is 2.40. The molecular weight excluding hydrogens is 390 g/mol. The van der Waals surface area contributed by atoms with Crippen LogP contribution in [0.3, 0.4) is 0 Å². The van der Waals surface area contributed by atoms with E-state index in [0.29, 0.717) is 5.82 Å². The van der Waals surface area contributed by atoms with E-state index in [2.05, 4.69) is 10.4 Å². The van der Waals surface area contributed by atoms with Crippen LogP contribution in [-0.4, -0.2) is 29.4 Å². The van der Waals surface area contributed by atoms with Gasteiger partial charge in [0, 0.05) is 12.8 Å². The van der Waals surface area contributed by atoms with Crippen molar-refractivity contribution in [1.29, 1.82) is 0 Å². The van der Waals surface area contributed by atoms with E-state index in [1.165, 1.54) is 25.7 Å². The van der Waals surface area contributed by atoms with Crippen LogP contribution in [0.25, 0.3) is 0 Å². The maximum atomic E-state index is 12.2. The summed E-state index contributed by atoms with van der Waals surface area (Å²) < 4.78 is 11.4. The van der Waals surface area contributed by atoms with Gasteiger partial charge in [-0.25, -0.2) is 9.78 Å². The summed E-state index contributed by atoms with van der Waals surface area (Å²) in [6, 6.07) is 3.37. The van der Waals surface area contributed by atoms with Gasteiger partial charge in [0.2, 0.25) is 0 Å². The van der Waals surface area contributed by atoms with Crippen LogP contribution >= 0.6 is 11.6 Å². The van der Waals surface area contributed by atoms with Crippen LogP contribution in [0.1, 0.15) is 63.2 Å². The maximum absolute atomic E-state index is 12.2. The number of carbonyl (C=O) groups is 1. The number of anilines is 1. The molecule has 7 heteroatoms. The molecule has 0 saturated heterocycles. The van der Waals surface area contributed by atoms with E-state index >= 15 is 0 Å². The summed E-state index contributed by atoms with van der Waals surface area (Å²) in [4.78, 5) is 16.6. The summed E-state index contributed by atoms with van der Waals surface area (Å²) in [6.45, 7) is 6.21. The number of carbonyl (C=O) groups excluding carboxylic acids is 1. The normalized spacial score (nSPS) is 21.8. The minimum atomic E-state index is -0.582. The van der Waals surface area contributed by atoms with Crippen molar-refractivity contribution in [2.24, 2.45) is 17.8 Å². The number of ether oxygens (including phenoxy) is 2. The largest absolute Gasteiger partial charge is 0.456 e. The van der Waals surface area contributed by atoms with Crippen molar-refractivity contribution in [2.75, 3.05) is 11.6 Å². The fourth-order valence-corrected chi connectivity index (χ4v) is 4.13. The molecule has 2 aliphatic carbocycles. The second-order valence-corrected chi connectivity index (χ2v) is 9.63. The van der Waals surface area contributed by atoms with Gasteiger partial charge in [-0.2, -0.15) is 5.43 Å². The van der Waals surface area contributed by atoms with Crippen LogP contribution < -0.4 is 10.4 Å². The number of hydrogen-bond donors (Lipinski definition) is 1. The number of esters is 1. The van der Waals surface area contributed by atoms with E-state index in [1.807, 2.05) is 33.0 Å². The number of halogens is 1. The van der Waals surface area contributed by atoms with E-state index < -0.39 is 11.6 Å². The minimum Gasteiger partial charge on any atom is -0.456 e. The van der Waals surface area contributed by atoms with E-state index in [-0.39, 0.29) is 16.9 Å². The Morgan fingerprint density at radius 1 is 1.28 bits per heavy atom. The van der Waals surface area contributed by atoms with Gasteiger partial charge in [0.15, 0.2) is 0 Å².